The fraction of sp³-hybridized carbons (Fsp3) is 0.500. The molecule has 2 saturated carbocycles. The summed E-state index contributed by atoms with van der Waals surface area (Å²) < 4.78 is 5.52. The number of carbonyl (C=O) groups excluding carboxylic acids is 3. The van der Waals surface area contributed by atoms with Gasteiger partial charge < -0.3 is 25.4 Å². The number of phenolic OH excluding ortho intramolecular Hbond substituents is 1. The van der Waals surface area contributed by atoms with Crippen LogP contribution in [0.3, 0.4) is 0 Å². The number of amides is 3. The Labute approximate surface area is 249 Å². The summed E-state index contributed by atoms with van der Waals surface area (Å²) in [6.07, 6.45) is 12.8. The Morgan fingerprint density at radius 1 is 1.00 bits per heavy atom. The standard InChI is InChI=1S/C34H43N3O5/c1-5-24-12-9-10-17-28(24)30(31(39)35-25-13-7-6-8-14-25)37(26-15-11-16-26)32(40)29(36-33(41)42-34(2,3)4)22-23-18-20-27(38)21-19-23/h1,9-10,12,17-21,25-26,29-30,38H,6-8,11,13-16,22H2,2-4H3,(H,35,39)(H,36,41). The van der Waals surface area contributed by atoms with E-state index in [-0.39, 0.29) is 36.1 Å². The fourth-order valence-corrected chi connectivity index (χ4v) is 5.69. The van der Waals surface area contributed by atoms with E-state index in [2.05, 4.69) is 16.6 Å². The van der Waals surface area contributed by atoms with Gasteiger partial charge in [0.15, 0.2) is 0 Å². The topological polar surface area (TPSA) is 108 Å². The lowest BCUT2D eigenvalue weighted by Crippen LogP contribution is -2.58. The van der Waals surface area contributed by atoms with Crippen LogP contribution in [0.2, 0.25) is 0 Å². The van der Waals surface area contributed by atoms with Gasteiger partial charge >= 0.3 is 6.09 Å². The van der Waals surface area contributed by atoms with E-state index < -0.39 is 23.8 Å². The maximum Gasteiger partial charge on any atom is 0.408 e. The highest BCUT2D eigenvalue weighted by Crippen LogP contribution is 2.35. The van der Waals surface area contributed by atoms with Crippen LogP contribution in [0, 0.1) is 12.3 Å². The maximum atomic E-state index is 14.6. The normalized spacial score (nSPS) is 17.2. The van der Waals surface area contributed by atoms with Crippen molar-refractivity contribution in [2.45, 2.75) is 108 Å². The highest BCUT2D eigenvalue weighted by Gasteiger charge is 2.43. The monoisotopic (exact) mass is 573 g/mol. The summed E-state index contributed by atoms with van der Waals surface area (Å²) >= 11 is 0. The molecule has 2 fully saturated rings. The maximum absolute atomic E-state index is 14.6. The second-order valence-corrected chi connectivity index (χ2v) is 12.4. The molecule has 2 aromatic carbocycles. The van der Waals surface area contributed by atoms with Crippen LogP contribution in [0.15, 0.2) is 48.5 Å². The number of terminal acetylenes is 1. The predicted molar refractivity (Wildman–Crippen MR) is 162 cm³/mol. The van der Waals surface area contributed by atoms with Gasteiger partial charge in [0.25, 0.3) is 0 Å². The summed E-state index contributed by atoms with van der Waals surface area (Å²) in [7, 11) is 0. The van der Waals surface area contributed by atoms with Gasteiger partial charge in [-0.15, -0.1) is 6.42 Å². The second kappa shape index (κ2) is 13.8. The van der Waals surface area contributed by atoms with Crippen molar-refractivity contribution in [1.29, 1.82) is 0 Å². The van der Waals surface area contributed by atoms with Crippen molar-refractivity contribution in [3.63, 3.8) is 0 Å². The number of carbonyl (C=O) groups is 3. The van der Waals surface area contributed by atoms with Gasteiger partial charge in [-0.3, -0.25) is 9.59 Å². The van der Waals surface area contributed by atoms with Gasteiger partial charge in [0.05, 0.1) is 0 Å². The minimum atomic E-state index is -1.02. The number of hydrogen-bond acceptors (Lipinski definition) is 5. The molecule has 8 nitrogen and oxygen atoms in total. The number of benzene rings is 2. The number of aromatic hydroxyl groups is 1. The summed E-state index contributed by atoms with van der Waals surface area (Å²) in [6.45, 7) is 5.27. The zero-order valence-corrected chi connectivity index (χ0v) is 24.9. The summed E-state index contributed by atoms with van der Waals surface area (Å²) in [5, 5.41) is 15.8. The first-order chi connectivity index (χ1) is 20.1. The average molecular weight is 574 g/mol. The van der Waals surface area contributed by atoms with Crippen molar-refractivity contribution in [3.05, 3.63) is 65.2 Å². The third-order valence-electron chi connectivity index (χ3n) is 7.98. The van der Waals surface area contributed by atoms with Gasteiger partial charge in [0.2, 0.25) is 11.8 Å². The number of rotatable bonds is 9. The third-order valence-corrected chi connectivity index (χ3v) is 7.98. The summed E-state index contributed by atoms with van der Waals surface area (Å²) in [5.74, 6) is 2.17. The van der Waals surface area contributed by atoms with Crippen LogP contribution in [0.4, 0.5) is 4.79 Å². The molecule has 0 heterocycles. The van der Waals surface area contributed by atoms with Crippen LogP contribution in [0.1, 0.15) is 94.9 Å². The summed E-state index contributed by atoms with van der Waals surface area (Å²) in [6, 6.07) is 11.6. The molecular weight excluding hydrogens is 530 g/mol. The average Bonchev–Trinajstić information content (AvgIpc) is 2.92. The van der Waals surface area contributed by atoms with Gasteiger partial charge in [0, 0.05) is 24.1 Å². The molecule has 8 heteroatoms. The third kappa shape index (κ3) is 8.06. The minimum absolute atomic E-state index is 0.0396. The molecule has 2 atom stereocenters. The number of ether oxygens (including phenoxy) is 1. The lowest BCUT2D eigenvalue weighted by molar-refractivity contribution is -0.147. The molecule has 42 heavy (non-hydrogen) atoms. The Bertz CT molecular complexity index is 1280. The molecule has 2 unspecified atom stereocenters. The van der Waals surface area contributed by atoms with Crippen molar-refractivity contribution in [2.75, 3.05) is 0 Å². The van der Waals surface area contributed by atoms with Crippen molar-refractivity contribution in [3.8, 4) is 18.1 Å². The smallest absolute Gasteiger partial charge is 0.408 e. The molecule has 0 bridgehead atoms. The van der Waals surface area contributed by atoms with Crippen molar-refractivity contribution in [2.24, 2.45) is 0 Å². The van der Waals surface area contributed by atoms with E-state index in [0.717, 1.165) is 56.9 Å². The minimum Gasteiger partial charge on any atom is -0.508 e. The molecule has 0 spiro atoms. The van der Waals surface area contributed by atoms with Gasteiger partial charge in [0.1, 0.15) is 23.4 Å². The molecule has 3 N–H and O–H groups in total. The Morgan fingerprint density at radius 3 is 2.26 bits per heavy atom. The van der Waals surface area contributed by atoms with Crippen LogP contribution >= 0.6 is 0 Å². The van der Waals surface area contributed by atoms with Crippen molar-refractivity contribution < 1.29 is 24.2 Å². The molecule has 2 aliphatic rings. The lowest BCUT2D eigenvalue weighted by Gasteiger charge is -2.44. The zero-order valence-electron chi connectivity index (χ0n) is 24.9. The van der Waals surface area contributed by atoms with Crippen molar-refractivity contribution >= 4 is 17.9 Å². The van der Waals surface area contributed by atoms with Crippen LogP contribution < -0.4 is 10.6 Å². The second-order valence-electron chi connectivity index (χ2n) is 12.4. The molecule has 4 rings (SSSR count). The molecule has 0 saturated heterocycles. The summed E-state index contributed by atoms with van der Waals surface area (Å²) in [5.41, 5.74) is 1.11. The largest absolute Gasteiger partial charge is 0.508 e. The molecule has 0 aliphatic heterocycles. The predicted octanol–water partition coefficient (Wildman–Crippen LogP) is 5.38. The first-order valence-electron chi connectivity index (χ1n) is 15.0. The van der Waals surface area contributed by atoms with Gasteiger partial charge in [-0.25, -0.2) is 4.79 Å². The van der Waals surface area contributed by atoms with Crippen LogP contribution in [-0.4, -0.2) is 51.6 Å². The Kier molecular flexibility index (Phi) is 10.2. The number of phenols is 1. The van der Waals surface area contributed by atoms with E-state index >= 15 is 0 Å². The Hall–Kier alpha value is -3.99. The van der Waals surface area contributed by atoms with Crippen LogP contribution in [0.25, 0.3) is 0 Å². The molecule has 2 aromatic rings. The molecule has 2 aliphatic carbocycles. The van der Waals surface area contributed by atoms with Gasteiger partial charge in [-0.05, 0) is 82.2 Å². The van der Waals surface area contributed by atoms with E-state index in [1.54, 1.807) is 43.9 Å². The van der Waals surface area contributed by atoms with E-state index in [9.17, 15) is 19.5 Å². The number of alkyl carbamates (subject to hydrolysis) is 1. The van der Waals surface area contributed by atoms with Crippen molar-refractivity contribution in [1.82, 2.24) is 15.5 Å². The summed E-state index contributed by atoms with van der Waals surface area (Å²) in [4.78, 5) is 43.5. The molecule has 224 valence electrons. The highest BCUT2D eigenvalue weighted by molar-refractivity contribution is 5.93. The molecule has 0 radical (unpaired) electrons. The number of nitrogens with one attached hydrogen (secondary N) is 2. The van der Waals surface area contributed by atoms with Gasteiger partial charge in [-0.2, -0.15) is 0 Å². The van der Waals surface area contributed by atoms with E-state index in [1.165, 1.54) is 12.1 Å². The first kappa shape index (κ1) is 31.0. The Balaban J connectivity index is 1.74. The van der Waals surface area contributed by atoms with Crippen LogP contribution in [-0.2, 0) is 20.7 Å². The zero-order chi connectivity index (χ0) is 30.3. The molecular formula is C34H43N3O5. The Morgan fingerprint density at radius 2 is 1.67 bits per heavy atom. The quantitative estimate of drug-likeness (QED) is 0.349. The molecule has 0 aromatic heterocycles. The van der Waals surface area contributed by atoms with E-state index in [1.807, 2.05) is 18.2 Å². The fourth-order valence-electron chi connectivity index (χ4n) is 5.69. The SMILES string of the molecule is C#Cc1ccccc1C(C(=O)NC1CCCCC1)N(C(=O)C(Cc1ccc(O)cc1)NC(=O)OC(C)(C)C)C1CCC1. The van der Waals surface area contributed by atoms with Crippen LogP contribution in [0.5, 0.6) is 5.75 Å². The number of nitrogens with zero attached hydrogens (tertiary/aromatic N) is 1. The van der Waals surface area contributed by atoms with E-state index in [0.29, 0.717) is 11.1 Å². The highest BCUT2D eigenvalue weighted by atomic mass is 16.6. The number of hydrogen-bond donors (Lipinski definition) is 3. The van der Waals surface area contributed by atoms with E-state index in [4.69, 9.17) is 11.2 Å². The lowest BCUT2D eigenvalue weighted by atomic mass is 9.86. The van der Waals surface area contributed by atoms with Gasteiger partial charge in [-0.1, -0.05) is 55.5 Å². The molecule has 3 amide bonds. The first-order valence-corrected chi connectivity index (χ1v) is 15.0.